The Balaban J connectivity index is 1.75. The zero-order chi connectivity index (χ0) is 15.8. The minimum absolute atomic E-state index is 0.0282. The molecule has 0 saturated carbocycles. The van der Waals surface area contributed by atoms with E-state index in [2.05, 4.69) is 15.6 Å². The summed E-state index contributed by atoms with van der Waals surface area (Å²) in [6, 6.07) is 3.89. The quantitative estimate of drug-likeness (QED) is 0.833. The maximum Gasteiger partial charge on any atom is 0.317 e. The number of pyridine rings is 1. The highest BCUT2D eigenvalue weighted by Crippen LogP contribution is 2.10. The van der Waals surface area contributed by atoms with Crippen molar-refractivity contribution in [2.24, 2.45) is 5.92 Å². The average molecular weight is 306 g/mol. The highest BCUT2D eigenvalue weighted by Gasteiger charge is 2.15. The normalized spacial score (nSPS) is 15.5. The number of hydrogen-bond acceptors (Lipinski definition) is 4. The molecule has 0 unspecified atom stereocenters. The van der Waals surface area contributed by atoms with Crippen LogP contribution >= 0.6 is 0 Å². The predicted molar refractivity (Wildman–Crippen MR) is 85.4 cm³/mol. The minimum Gasteiger partial charge on any atom is -0.378 e. The molecule has 0 radical (unpaired) electrons. The van der Waals surface area contributed by atoms with Gasteiger partial charge in [0.25, 0.3) is 0 Å². The number of ether oxygens (including phenoxy) is 1. The molecule has 6 nitrogen and oxygen atoms in total. The van der Waals surface area contributed by atoms with E-state index >= 15 is 0 Å². The van der Waals surface area contributed by atoms with Crippen LogP contribution in [0.5, 0.6) is 0 Å². The summed E-state index contributed by atoms with van der Waals surface area (Å²) in [7, 11) is 3.46. The zero-order valence-corrected chi connectivity index (χ0v) is 13.5. The highest BCUT2D eigenvalue weighted by atomic mass is 16.5. The molecule has 1 aromatic heterocycles. The molecule has 2 N–H and O–H groups in total. The molecule has 6 heteroatoms. The van der Waals surface area contributed by atoms with Crippen molar-refractivity contribution in [1.82, 2.24) is 20.5 Å². The molecule has 1 aromatic rings. The Labute approximate surface area is 132 Å². The predicted octanol–water partition coefficient (Wildman–Crippen LogP) is 1.37. The van der Waals surface area contributed by atoms with Gasteiger partial charge in [0.2, 0.25) is 0 Å². The van der Waals surface area contributed by atoms with Crippen molar-refractivity contribution in [2.75, 3.05) is 33.8 Å². The van der Waals surface area contributed by atoms with E-state index in [1.165, 1.54) is 0 Å². The molecule has 1 aliphatic rings. The van der Waals surface area contributed by atoms with Gasteiger partial charge in [-0.15, -0.1) is 0 Å². The molecular weight excluding hydrogens is 280 g/mol. The Morgan fingerprint density at radius 2 is 2.23 bits per heavy atom. The number of piperidine rings is 1. The van der Waals surface area contributed by atoms with Crippen molar-refractivity contribution in [3.8, 4) is 0 Å². The molecular formula is C16H26N4O2. The molecule has 0 spiro atoms. The van der Waals surface area contributed by atoms with E-state index in [1.54, 1.807) is 25.3 Å². The molecule has 0 atom stereocenters. The van der Waals surface area contributed by atoms with Crippen LogP contribution in [0.15, 0.2) is 18.3 Å². The van der Waals surface area contributed by atoms with Crippen LogP contribution in [0, 0.1) is 5.92 Å². The lowest BCUT2D eigenvalue weighted by molar-refractivity contribution is 0.181. The van der Waals surface area contributed by atoms with Gasteiger partial charge in [-0.3, -0.25) is 4.98 Å². The van der Waals surface area contributed by atoms with Crippen LogP contribution in [-0.4, -0.2) is 49.7 Å². The molecule has 1 saturated heterocycles. The standard InChI is InChI=1S/C16H26N4O2/c1-20(11-14-3-4-15(12-22-2)18-10-14)16(21)19-9-13-5-7-17-8-6-13/h3-4,10,13,17H,5-9,11-12H2,1-2H3,(H,19,21). The number of carbonyl (C=O) groups is 1. The van der Waals surface area contributed by atoms with Gasteiger partial charge in [-0.2, -0.15) is 0 Å². The highest BCUT2D eigenvalue weighted by molar-refractivity contribution is 5.73. The lowest BCUT2D eigenvalue weighted by Crippen LogP contribution is -2.41. The van der Waals surface area contributed by atoms with Gasteiger partial charge in [0, 0.05) is 33.4 Å². The number of amides is 2. The van der Waals surface area contributed by atoms with Crippen LogP contribution in [0.2, 0.25) is 0 Å². The van der Waals surface area contributed by atoms with Gasteiger partial charge in [0.05, 0.1) is 12.3 Å². The summed E-state index contributed by atoms with van der Waals surface area (Å²) in [5.41, 5.74) is 1.91. The molecule has 2 amide bonds. The first-order valence-corrected chi connectivity index (χ1v) is 7.81. The lowest BCUT2D eigenvalue weighted by Gasteiger charge is -2.24. The monoisotopic (exact) mass is 306 g/mol. The van der Waals surface area contributed by atoms with Crippen LogP contribution < -0.4 is 10.6 Å². The number of aromatic nitrogens is 1. The molecule has 22 heavy (non-hydrogen) atoms. The van der Waals surface area contributed by atoms with Crippen molar-refractivity contribution < 1.29 is 9.53 Å². The summed E-state index contributed by atoms with van der Waals surface area (Å²) in [6.07, 6.45) is 4.06. The number of nitrogens with zero attached hydrogens (tertiary/aromatic N) is 2. The number of carbonyl (C=O) groups excluding carboxylic acids is 1. The van der Waals surface area contributed by atoms with Crippen molar-refractivity contribution >= 4 is 6.03 Å². The Bertz CT molecular complexity index is 458. The number of rotatable bonds is 6. The maximum absolute atomic E-state index is 12.1. The van der Waals surface area contributed by atoms with Gasteiger partial charge in [-0.25, -0.2) is 4.79 Å². The third-order valence-corrected chi connectivity index (χ3v) is 3.95. The first-order chi connectivity index (χ1) is 10.7. The first-order valence-electron chi connectivity index (χ1n) is 7.81. The smallest absolute Gasteiger partial charge is 0.317 e. The van der Waals surface area contributed by atoms with E-state index in [4.69, 9.17) is 4.74 Å². The van der Waals surface area contributed by atoms with Gasteiger partial charge in [-0.05, 0) is 43.5 Å². The third-order valence-electron chi connectivity index (χ3n) is 3.95. The largest absolute Gasteiger partial charge is 0.378 e. The van der Waals surface area contributed by atoms with Gasteiger partial charge in [0.1, 0.15) is 0 Å². The van der Waals surface area contributed by atoms with Crippen LogP contribution in [0.25, 0.3) is 0 Å². The van der Waals surface area contributed by atoms with Gasteiger partial charge in [-0.1, -0.05) is 6.07 Å². The number of methoxy groups -OCH3 is 1. The maximum atomic E-state index is 12.1. The number of hydrogen-bond donors (Lipinski definition) is 2. The van der Waals surface area contributed by atoms with E-state index in [9.17, 15) is 4.79 Å². The zero-order valence-electron chi connectivity index (χ0n) is 13.5. The topological polar surface area (TPSA) is 66.5 Å². The Morgan fingerprint density at radius 1 is 1.45 bits per heavy atom. The van der Waals surface area contributed by atoms with E-state index in [0.717, 1.165) is 43.7 Å². The van der Waals surface area contributed by atoms with Crippen molar-refractivity contribution in [3.05, 3.63) is 29.6 Å². The third kappa shape index (κ3) is 5.27. The molecule has 0 bridgehead atoms. The summed E-state index contributed by atoms with van der Waals surface area (Å²) in [6.45, 7) is 3.92. The summed E-state index contributed by atoms with van der Waals surface area (Å²) < 4.78 is 5.04. The van der Waals surface area contributed by atoms with E-state index in [1.807, 2.05) is 12.1 Å². The van der Waals surface area contributed by atoms with Crippen molar-refractivity contribution in [3.63, 3.8) is 0 Å². The summed E-state index contributed by atoms with van der Waals surface area (Å²) in [5, 5.41) is 6.36. The summed E-state index contributed by atoms with van der Waals surface area (Å²) >= 11 is 0. The fraction of sp³-hybridized carbons (Fsp3) is 0.625. The second-order valence-corrected chi connectivity index (χ2v) is 5.83. The molecule has 122 valence electrons. The Kier molecular flexibility index (Phi) is 6.61. The second kappa shape index (κ2) is 8.70. The molecule has 2 heterocycles. The molecule has 1 fully saturated rings. The number of nitrogens with one attached hydrogen (secondary N) is 2. The minimum atomic E-state index is -0.0282. The SMILES string of the molecule is COCc1ccc(CN(C)C(=O)NCC2CCNCC2)cn1. The van der Waals surface area contributed by atoms with E-state index in [0.29, 0.717) is 19.1 Å². The van der Waals surface area contributed by atoms with Gasteiger partial charge >= 0.3 is 6.03 Å². The lowest BCUT2D eigenvalue weighted by atomic mass is 9.98. The summed E-state index contributed by atoms with van der Waals surface area (Å²) in [5.74, 6) is 0.591. The van der Waals surface area contributed by atoms with Gasteiger partial charge < -0.3 is 20.3 Å². The number of urea groups is 1. The van der Waals surface area contributed by atoms with Crippen LogP contribution in [0.4, 0.5) is 4.79 Å². The fourth-order valence-electron chi connectivity index (χ4n) is 2.58. The fourth-order valence-corrected chi connectivity index (χ4v) is 2.58. The van der Waals surface area contributed by atoms with Crippen molar-refractivity contribution in [1.29, 1.82) is 0 Å². The van der Waals surface area contributed by atoms with Crippen molar-refractivity contribution in [2.45, 2.75) is 26.0 Å². The molecule has 2 rings (SSSR count). The second-order valence-electron chi connectivity index (χ2n) is 5.83. The first kappa shape index (κ1) is 16.7. The molecule has 0 aromatic carbocycles. The van der Waals surface area contributed by atoms with E-state index in [-0.39, 0.29) is 6.03 Å². The van der Waals surface area contributed by atoms with E-state index < -0.39 is 0 Å². The van der Waals surface area contributed by atoms with Crippen LogP contribution in [0.3, 0.4) is 0 Å². The molecule has 0 aliphatic carbocycles. The van der Waals surface area contributed by atoms with Crippen LogP contribution in [-0.2, 0) is 17.9 Å². The Morgan fingerprint density at radius 3 is 2.86 bits per heavy atom. The van der Waals surface area contributed by atoms with Gasteiger partial charge in [0.15, 0.2) is 0 Å². The average Bonchev–Trinajstić information content (AvgIpc) is 2.55. The van der Waals surface area contributed by atoms with Crippen LogP contribution in [0.1, 0.15) is 24.1 Å². The molecule has 1 aliphatic heterocycles. The summed E-state index contributed by atoms with van der Waals surface area (Å²) in [4.78, 5) is 18.1. The Hall–Kier alpha value is -1.66.